The lowest BCUT2D eigenvalue weighted by Gasteiger charge is -2.23. The zero-order chi connectivity index (χ0) is 23.0. The van der Waals surface area contributed by atoms with Gasteiger partial charge in [-0.3, -0.25) is 14.5 Å². The Morgan fingerprint density at radius 1 is 1.03 bits per heavy atom. The Balaban J connectivity index is 1.97. The van der Waals surface area contributed by atoms with E-state index in [0.717, 1.165) is 10.6 Å². The van der Waals surface area contributed by atoms with Gasteiger partial charge in [-0.25, -0.2) is 4.98 Å². The quantitative estimate of drug-likeness (QED) is 0.352. The summed E-state index contributed by atoms with van der Waals surface area (Å²) in [6.07, 6.45) is 0. The van der Waals surface area contributed by atoms with Crippen LogP contribution in [0.15, 0.2) is 54.1 Å². The maximum atomic E-state index is 13.2. The van der Waals surface area contributed by atoms with E-state index in [0.29, 0.717) is 27.8 Å². The standard InChI is InChI=1S/C24H22N2O5S/c1-13-14(2)32-24(25-13)26-20(16-10-11-17(30-3)18(12-16)31-4)19(22(28)23(26)29)21(27)15-8-6-5-7-9-15/h5-12,20,27H,1-4H3/t20-/m1/s1. The first-order chi connectivity index (χ1) is 15.4. The third-order valence-corrected chi connectivity index (χ3v) is 6.51. The van der Waals surface area contributed by atoms with Crippen LogP contribution in [0.5, 0.6) is 11.5 Å². The number of ketones is 1. The van der Waals surface area contributed by atoms with Crippen LogP contribution in [0.3, 0.4) is 0 Å². The molecule has 2 heterocycles. The van der Waals surface area contributed by atoms with Crippen molar-refractivity contribution in [2.24, 2.45) is 0 Å². The molecule has 0 bridgehead atoms. The minimum Gasteiger partial charge on any atom is -0.507 e. The number of amides is 1. The molecule has 164 valence electrons. The van der Waals surface area contributed by atoms with Crippen LogP contribution in [0.2, 0.25) is 0 Å². The first-order valence-electron chi connectivity index (χ1n) is 9.89. The smallest absolute Gasteiger partial charge is 0.301 e. The molecule has 0 aliphatic carbocycles. The van der Waals surface area contributed by atoms with Crippen molar-refractivity contribution in [2.45, 2.75) is 19.9 Å². The molecule has 0 unspecified atom stereocenters. The summed E-state index contributed by atoms with van der Waals surface area (Å²) < 4.78 is 10.8. The third-order valence-electron chi connectivity index (χ3n) is 5.44. The van der Waals surface area contributed by atoms with Crippen LogP contribution in [-0.2, 0) is 9.59 Å². The monoisotopic (exact) mass is 450 g/mol. The number of benzene rings is 2. The van der Waals surface area contributed by atoms with Gasteiger partial charge in [-0.05, 0) is 31.5 Å². The van der Waals surface area contributed by atoms with Gasteiger partial charge in [-0.2, -0.15) is 0 Å². The van der Waals surface area contributed by atoms with E-state index >= 15 is 0 Å². The van der Waals surface area contributed by atoms with Gasteiger partial charge >= 0.3 is 5.91 Å². The van der Waals surface area contributed by atoms with Crippen LogP contribution in [0, 0.1) is 13.8 Å². The number of ether oxygens (including phenoxy) is 2. The number of hydrogen-bond acceptors (Lipinski definition) is 7. The number of aromatic nitrogens is 1. The SMILES string of the molecule is COc1ccc([C@@H]2C(=C(O)c3ccccc3)C(=O)C(=O)N2c2nc(C)c(C)s2)cc1OC. The molecule has 2 aromatic carbocycles. The molecule has 7 nitrogen and oxygen atoms in total. The Kier molecular flexibility index (Phi) is 5.71. The first kappa shape index (κ1) is 21.6. The number of carbonyl (C=O) groups is 2. The van der Waals surface area contributed by atoms with Crippen LogP contribution in [0.1, 0.15) is 27.7 Å². The molecule has 1 atom stereocenters. The predicted molar refractivity (Wildman–Crippen MR) is 122 cm³/mol. The second-order valence-electron chi connectivity index (χ2n) is 7.29. The van der Waals surface area contributed by atoms with Crippen molar-refractivity contribution in [3.63, 3.8) is 0 Å². The summed E-state index contributed by atoms with van der Waals surface area (Å²) in [5.74, 6) is -0.789. The minimum atomic E-state index is -0.875. The van der Waals surface area contributed by atoms with Crippen LogP contribution in [-0.4, -0.2) is 36.0 Å². The molecule has 1 amide bonds. The van der Waals surface area contributed by atoms with Crippen molar-refractivity contribution in [2.75, 3.05) is 19.1 Å². The summed E-state index contributed by atoms with van der Waals surface area (Å²) >= 11 is 1.32. The summed E-state index contributed by atoms with van der Waals surface area (Å²) in [6.45, 7) is 3.75. The fraction of sp³-hybridized carbons (Fsp3) is 0.208. The number of methoxy groups -OCH3 is 2. The van der Waals surface area contributed by atoms with Crippen LogP contribution in [0.4, 0.5) is 5.13 Å². The fourth-order valence-electron chi connectivity index (χ4n) is 3.68. The molecule has 8 heteroatoms. The van der Waals surface area contributed by atoms with Crippen LogP contribution >= 0.6 is 11.3 Å². The molecule has 1 aliphatic rings. The number of aliphatic hydroxyl groups is 1. The minimum absolute atomic E-state index is 0.000994. The molecule has 1 saturated heterocycles. The van der Waals surface area contributed by atoms with Crippen LogP contribution < -0.4 is 14.4 Å². The maximum Gasteiger partial charge on any atom is 0.301 e. The third kappa shape index (κ3) is 3.52. The van der Waals surface area contributed by atoms with Gasteiger partial charge in [-0.15, -0.1) is 11.3 Å². The van der Waals surface area contributed by atoms with E-state index in [9.17, 15) is 14.7 Å². The molecule has 1 fully saturated rings. The molecular formula is C24H22N2O5S. The Morgan fingerprint density at radius 3 is 2.31 bits per heavy atom. The second kappa shape index (κ2) is 8.47. The van der Waals surface area contributed by atoms with E-state index in [1.165, 1.54) is 30.5 Å². The molecule has 0 radical (unpaired) electrons. The van der Waals surface area contributed by atoms with Gasteiger partial charge in [0.25, 0.3) is 5.78 Å². The molecule has 1 aromatic heterocycles. The highest BCUT2D eigenvalue weighted by atomic mass is 32.1. The van der Waals surface area contributed by atoms with Crippen molar-refractivity contribution in [3.8, 4) is 11.5 Å². The highest BCUT2D eigenvalue weighted by Crippen LogP contribution is 2.45. The summed E-state index contributed by atoms with van der Waals surface area (Å²) in [7, 11) is 3.04. The van der Waals surface area contributed by atoms with Gasteiger partial charge in [-0.1, -0.05) is 36.4 Å². The van der Waals surface area contributed by atoms with Crippen molar-refractivity contribution in [3.05, 3.63) is 75.8 Å². The Morgan fingerprint density at radius 2 is 1.72 bits per heavy atom. The molecule has 3 aromatic rings. The van der Waals surface area contributed by atoms with Crippen molar-refractivity contribution < 1.29 is 24.2 Å². The lowest BCUT2D eigenvalue weighted by atomic mass is 9.95. The maximum absolute atomic E-state index is 13.2. The van der Waals surface area contributed by atoms with Gasteiger partial charge in [0.1, 0.15) is 5.76 Å². The highest BCUT2D eigenvalue weighted by molar-refractivity contribution is 7.16. The molecule has 32 heavy (non-hydrogen) atoms. The fourth-order valence-corrected chi connectivity index (χ4v) is 4.61. The zero-order valence-electron chi connectivity index (χ0n) is 18.1. The summed E-state index contributed by atoms with van der Waals surface area (Å²) in [5, 5.41) is 11.5. The van der Waals surface area contributed by atoms with E-state index in [1.54, 1.807) is 42.5 Å². The molecule has 1 aliphatic heterocycles. The second-order valence-corrected chi connectivity index (χ2v) is 8.47. The van der Waals surface area contributed by atoms with E-state index < -0.39 is 17.7 Å². The Bertz CT molecular complexity index is 1210. The van der Waals surface area contributed by atoms with E-state index in [4.69, 9.17) is 9.47 Å². The zero-order valence-corrected chi connectivity index (χ0v) is 18.9. The topological polar surface area (TPSA) is 89.0 Å². The van der Waals surface area contributed by atoms with Gasteiger partial charge in [0.05, 0.1) is 31.5 Å². The van der Waals surface area contributed by atoms with Gasteiger partial charge < -0.3 is 14.6 Å². The van der Waals surface area contributed by atoms with Gasteiger partial charge in [0.15, 0.2) is 16.6 Å². The number of anilines is 1. The molecule has 0 saturated carbocycles. The normalized spacial score (nSPS) is 17.6. The lowest BCUT2D eigenvalue weighted by Crippen LogP contribution is -2.29. The van der Waals surface area contributed by atoms with Crippen molar-refractivity contribution in [1.29, 1.82) is 0 Å². The van der Waals surface area contributed by atoms with E-state index in [1.807, 2.05) is 19.9 Å². The average Bonchev–Trinajstić information content (AvgIpc) is 3.28. The van der Waals surface area contributed by atoms with E-state index in [-0.39, 0.29) is 11.3 Å². The summed E-state index contributed by atoms with van der Waals surface area (Å²) in [6, 6.07) is 13.0. The Labute approximate surface area is 189 Å². The van der Waals surface area contributed by atoms with Crippen LogP contribution in [0.25, 0.3) is 5.76 Å². The number of aryl methyl sites for hydroxylation is 2. The number of thiazole rings is 1. The van der Waals surface area contributed by atoms with Gasteiger partial charge in [0, 0.05) is 10.4 Å². The number of Topliss-reactive ketones (excluding diaryl/α,β-unsaturated/α-hetero) is 1. The summed E-state index contributed by atoms with van der Waals surface area (Å²) in [5.41, 5.74) is 1.81. The first-order valence-corrected chi connectivity index (χ1v) is 10.7. The van der Waals surface area contributed by atoms with Crippen molar-refractivity contribution in [1.82, 2.24) is 4.98 Å². The molecule has 1 N–H and O–H groups in total. The van der Waals surface area contributed by atoms with Gasteiger partial charge in [0.2, 0.25) is 0 Å². The lowest BCUT2D eigenvalue weighted by molar-refractivity contribution is -0.132. The number of aliphatic hydroxyl groups excluding tert-OH is 1. The summed E-state index contributed by atoms with van der Waals surface area (Å²) in [4.78, 5) is 33.1. The Hall–Kier alpha value is -3.65. The molecule has 4 rings (SSSR count). The molecule has 0 spiro atoms. The average molecular weight is 451 g/mol. The van der Waals surface area contributed by atoms with E-state index in [2.05, 4.69) is 4.98 Å². The number of rotatable bonds is 5. The highest BCUT2D eigenvalue weighted by Gasteiger charge is 2.48. The predicted octanol–water partition coefficient (Wildman–Crippen LogP) is 4.40. The van der Waals surface area contributed by atoms with Crippen molar-refractivity contribution >= 4 is 33.9 Å². The number of hydrogen-bond donors (Lipinski definition) is 1. The number of carbonyl (C=O) groups excluding carboxylic acids is 2. The largest absolute Gasteiger partial charge is 0.507 e. The number of nitrogens with zero attached hydrogens (tertiary/aromatic N) is 2. The molecular weight excluding hydrogens is 428 g/mol.